The SMILES string of the molecule is CCC1CC(Cc2nc(-c3cncn3C)no2)CCO1. The van der Waals surface area contributed by atoms with E-state index in [1.807, 2.05) is 11.6 Å². The highest BCUT2D eigenvalue weighted by Crippen LogP contribution is 2.25. The number of aryl methyl sites for hydroxylation is 1. The maximum Gasteiger partial charge on any atom is 0.227 e. The van der Waals surface area contributed by atoms with E-state index in [1.54, 1.807) is 12.5 Å². The van der Waals surface area contributed by atoms with Gasteiger partial charge in [-0.05, 0) is 25.2 Å². The average Bonchev–Trinajstić information content (AvgIpc) is 3.08. The van der Waals surface area contributed by atoms with Crippen molar-refractivity contribution in [3.8, 4) is 11.5 Å². The molecule has 2 atom stereocenters. The van der Waals surface area contributed by atoms with Gasteiger partial charge in [0, 0.05) is 20.1 Å². The standard InChI is InChI=1S/C14H20N4O2/c1-3-11-6-10(4-5-19-11)7-13-16-14(17-20-13)12-8-15-9-18(12)2/h8-11H,3-7H2,1-2H3. The van der Waals surface area contributed by atoms with Gasteiger partial charge in [-0.15, -0.1) is 0 Å². The van der Waals surface area contributed by atoms with Crippen molar-refractivity contribution in [2.45, 2.75) is 38.7 Å². The van der Waals surface area contributed by atoms with Crippen molar-refractivity contribution in [2.24, 2.45) is 13.0 Å². The van der Waals surface area contributed by atoms with E-state index >= 15 is 0 Å². The van der Waals surface area contributed by atoms with Gasteiger partial charge in [0.2, 0.25) is 11.7 Å². The fourth-order valence-corrected chi connectivity index (χ4v) is 2.69. The lowest BCUT2D eigenvalue weighted by atomic mass is 9.91. The first-order valence-electron chi connectivity index (χ1n) is 7.17. The van der Waals surface area contributed by atoms with Crippen LogP contribution in [0.5, 0.6) is 0 Å². The summed E-state index contributed by atoms with van der Waals surface area (Å²) in [6, 6.07) is 0. The van der Waals surface area contributed by atoms with Crippen LogP contribution in [-0.2, 0) is 18.2 Å². The zero-order valence-corrected chi connectivity index (χ0v) is 12.0. The number of ether oxygens (including phenoxy) is 1. The number of aromatic nitrogens is 4. The third-order valence-corrected chi connectivity index (χ3v) is 3.91. The molecule has 0 radical (unpaired) electrons. The lowest BCUT2D eigenvalue weighted by Gasteiger charge is -2.27. The molecule has 0 N–H and O–H groups in total. The van der Waals surface area contributed by atoms with Crippen LogP contribution < -0.4 is 0 Å². The van der Waals surface area contributed by atoms with Gasteiger partial charge < -0.3 is 13.8 Å². The molecule has 0 bridgehead atoms. The normalized spacial score (nSPS) is 23.1. The van der Waals surface area contributed by atoms with Crippen LogP contribution in [-0.4, -0.2) is 32.4 Å². The van der Waals surface area contributed by atoms with Gasteiger partial charge in [0.1, 0.15) is 5.69 Å². The summed E-state index contributed by atoms with van der Waals surface area (Å²) in [4.78, 5) is 8.55. The summed E-state index contributed by atoms with van der Waals surface area (Å²) in [6.45, 7) is 3.01. The van der Waals surface area contributed by atoms with E-state index in [-0.39, 0.29) is 0 Å². The highest BCUT2D eigenvalue weighted by Gasteiger charge is 2.24. The van der Waals surface area contributed by atoms with Gasteiger partial charge in [0.25, 0.3) is 0 Å². The smallest absolute Gasteiger partial charge is 0.227 e. The maximum atomic E-state index is 5.70. The lowest BCUT2D eigenvalue weighted by Crippen LogP contribution is -2.26. The minimum Gasteiger partial charge on any atom is -0.378 e. The zero-order valence-electron chi connectivity index (χ0n) is 12.0. The molecule has 20 heavy (non-hydrogen) atoms. The third kappa shape index (κ3) is 2.75. The van der Waals surface area contributed by atoms with Crippen LogP contribution >= 0.6 is 0 Å². The van der Waals surface area contributed by atoms with E-state index in [4.69, 9.17) is 9.26 Å². The van der Waals surface area contributed by atoms with Crippen molar-refractivity contribution < 1.29 is 9.26 Å². The van der Waals surface area contributed by atoms with E-state index < -0.39 is 0 Å². The molecule has 1 aliphatic rings. The van der Waals surface area contributed by atoms with Crippen LogP contribution in [0.4, 0.5) is 0 Å². The van der Waals surface area contributed by atoms with Crippen molar-refractivity contribution in [2.75, 3.05) is 6.61 Å². The molecule has 108 valence electrons. The average molecular weight is 276 g/mol. The van der Waals surface area contributed by atoms with Crippen molar-refractivity contribution in [3.05, 3.63) is 18.4 Å². The van der Waals surface area contributed by atoms with Gasteiger partial charge in [-0.3, -0.25) is 0 Å². The molecule has 2 unspecified atom stereocenters. The highest BCUT2D eigenvalue weighted by atomic mass is 16.5. The van der Waals surface area contributed by atoms with E-state index in [0.717, 1.165) is 38.0 Å². The van der Waals surface area contributed by atoms with Crippen LogP contribution in [0.3, 0.4) is 0 Å². The molecule has 0 saturated carbocycles. The quantitative estimate of drug-likeness (QED) is 0.856. The molecule has 6 nitrogen and oxygen atoms in total. The minimum atomic E-state index is 0.383. The second kappa shape index (κ2) is 5.75. The predicted octanol–water partition coefficient (Wildman–Crippen LogP) is 2.22. The Labute approximate surface area is 118 Å². The predicted molar refractivity (Wildman–Crippen MR) is 73.0 cm³/mol. The van der Waals surface area contributed by atoms with E-state index in [1.165, 1.54) is 0 Å². The van der Waals surface area contributed by atoms with Gasteiger partial charge in [0.15, 0.2) is 0 Å². The molecule has 1 aliphatic heterocycles. The molecule has 0 spiro atoms. The number of nitrogens with zero attached hydrogens (tertiary/aromatic N) is 4. The zero-order chi connectivity index (χ0) is 13.9. The summed E-state index contributed by atoms with van der Waals surface area (Å²) in [7, 11) is 1.92. The van der Waals surface area contributed by atoms with Crippen molar-refractivity contribution in [1.29, 1.82) is 0 Å². The molecular formula is C14H20N4O2. The largest absolute Gasteiger partial charge is 0.378 e. The van der Waals surface area contributed by atoms with Crippen LogP contribution in [0.2, 0.25) is 0 Å². The summed E-state index contributed by atoms with van der Waals surface area (Å²) >= 11 is 0. The molecule has 1 fully saturated rings. The molecule has 2 aromatic heterocycles. The number of rotatable bonds is 4. The molecule has 1 saturated heterocycles. The molecule has 3 heterocycles. The Morgan fingerprint density at radius 3 is 3.10 bits per heavy atom. The van der Waals surface area contributed by atoms with E-state index in [0.29, 0.717) is 23.7 Å². The van der Waals surface area contributed by atoms with E-state index in [2.05, 4.69) is 22.0 Å². The van der Waals surface area contributed by atoms with Crippen molar-refractivity contribution in [1.82, 2.24) is 19.7 Å². The molecule has 0 amide bonds. The van der Waals surface area contributed by atoms with E-state index in [9.17, 15) is 0 Å². The molecule has 6 heteroatoms. The van der Waals surface area contributed by atoms with Crippen LogP contribution in [0.15, 0.2) is 17.0 Å². The van der Waals surface area contributed by atoms with Crippen molar-refractivity contribution >= 4 is 0 Å². The fourth-order valence-electron chi connectivity index (χ4n) is 2.69. The Bertz CT molecular complexity index is 563. The molecule has 0 aromatic carbocycles. The summed E-state index contributed by atoms with van der Waals surface area (Å²) in [6.07, 6.45) is 7.92. The first-order valence-corrected chi connectivity index (χ1v) is 7.17. The first-order chi connectivity index (χ1) is 9.76. The maximum absolute atomic E-state index is 5.70. The Morgan fingerprint density at radius 2 is 2.35 bits per heavy atom. The molecule has 0 aliphatic carbocycles. The summed E-state index contributed by atoms with van der Waals surface area (Å²) in [5.41, 5.74) is 0.874. The molecule has 3 rings (SSSR count). The van der Waals surface area contributed by atoms with Gasteiger partial charge in [0.05, 0.1) is 18.6 Å². The molecule has 2 aromatic rings. The molecular weight excluding hydrogens is 256 g/mol. The Balaban J connectivity index is 1.67. The van der Waals surface area contributed by atoms with Gasteiger partial charge in [-0.2, -0.15) is 4.98 Å². The summed E-state index contributed by atoms with van der Waals surface area (Å²) in [5, 5.41) is 4.05. The number of hydrogen-bond acceptors (Lipinski definition) is 5. The summed E-state index contributed by atoms with van der Waals surface area (Å²) < 4.78 is 13.0. The fraction of sp³-hybridized carbons (Fsp3) is 0.643. The van der Waals surface area contributed by atoms with Crippen LogP contribution in [0.1, 0.15) is 32.1 Å². The number of imidazole rings is 1. The topological polar surface area (TPSA) is 66.0 Å². The first kappa shape index (κ1) is 13.3. The van der Waals surface area contributed by atoms with Crippen LogP contribution in [0, 0.1) is 5.92 Å². The Kier molecular flexibility index (Phi) is 3.82. The van der Waals surface area contributed by atoms with Crippen molar-refractivity contribution in [3.63, 3.8) is 0 Å². The van der Waals surface area contributed by atoms with Gasteiger partial charge in [-0.1, -0.05) is 12.1 Å². The third-order valence-electron chi connectivity index (χ3n) is 3.91. The second-order valence-corrected chi connectivity index (χ2v) is 5.40. The van der Waals surface area contributed by atoms with Gasteiger partial charge >= 0.3 is 0 Å². The second-order valence-electron chi connectivity index (χ2n) is 5.40. The highest BCUT2D eigenvalue weighted by molar-refractivity contribution is 5.46. The summed E-state index contributed by atoms with van der Waals surface area (Å²) in [5.74, 6) is 1.90. The van der Waals surface area contributed by atoms with Crippen LogP contribution in [0.25, 0.3) is 11.5 Å². The Morgan fingerprint density at radius 1 is 1.45 bits per heavy atom. The lowest BCUT2D eigenvalue weighted by molar-refractivity contribution is -0.0115. The number of hydrogen-bond donors (Lipinski definition) is 0. The Hall–Kier alpha value is -1.69. The minimum absolute atomic E-state index is 0.383. The van der Waals surface area contributed by atoms with Gasteiger partial charge in [-0.25, -0.2) is 4.98 Å². The monoisotopic (exact) mass is 276 g/mol.